The van der Waals surface area contributed by atoms with E-state index in [9.17, 15) is 19.5 Å². The molecule has 0 saturated carbocycles. The van der Waals surface area contributed by atoms with Crippen LogP contribution in [0.15, 0.2) is 25.8 Å². The lowest BCUT2D eigenvalue weighted by Crippen LogP contribution is -2.41. The molecule has 1 saturated heterocycles. The van der Waals surface area contributed by atoms with Crippen molar-refractivity contribution < 1.29 is 23.5 Å². The van der Waals surface area contributed by atoms with Gasteiger partial charge in [0.1, 0.15) is 23.0 Å². The number of rotatable bonds is 3. The van der Waals surface area contributed by atoms with Gasteiger partial charge in [-0.2, -0.15) is 0 Å². The first-order valence-electron chi connectivity index (χ1n) is 9.26. The highest BCUT2D eigenvalue weighted by atomic mass is 16.4. The molecule has 7 heteroatoms. The van der Waals surface area contributed by atoms with Gasteiger partial charge in [0.25, 0.3) is 0 Å². The minimum Gasteiger partial charge on any atom is -0.480 e. The van der Waals surface area contributed by atoms with Crippen molar-refractivity contribution in [2.75, 3.05) is 6.54 Å². The number of benzene rings is 1. The van der Waals surface area contributed by atoms with Crippen LogP contribution in [0.2, 0.25) is 0 Å². The van der Waals surface area contributed by atoms with E-state index < -0.39 is 17.6 Å². The average Bonchev–Trinajstić information content (AvgIpc) is 3.23. The SMILES string of the molecule is Cc1oc2cc3oc(=O)c(CC(=O)N4CCC[C@H]4C(=O)O)c(C)c3cc2c1C. The summed E-state index contributed by atoms with van der Waals surface area (Å²) in [6.07, 6.45) is 0.907. The van der Waals surface area contributed by atoms with E-state index in [4.69, 9.17) is 8.83 Å². The number of carbonyl (C=O) groups excluding carboxylic acids is 1. The van der Waals surface area contributed by atoms with E-state index in [1.165, 1.54) is 4.90 Å². The van der Waals surface area contributed by atoms with Crippen LogP contribution in [0.1, 0.15) is 35.3 Å². The molecule has 1 aliphatic heterocycles. The van der Waals surface area contributed by atoms with Crippen molar-refractivity contribution in [1.29, 1.82) is 0 Å². The van der Waals surface area contributed by atoms with Gasteiger partial charge >= 0.3 is 11.6 Å². The summed E-state index contributed by atoms with van der Waals surface area (Å²) in [7, 11) is 0. The third-order valence-corrected chi connectivity index (χ3v) is 5.77. The first kappa shape index (κ1) is 18.3. The van der Waals surface area contributed by atoms with E-state index in [1.807, 2.05) is 19.9 Å². The Morgan fingerprint density at radius 3 is 2.50 bits per heavy atom. The van der Waals surface area contributed by atoms with Crippen molar-refractivity contribution in [2.24, 2.45) is 0 Å². The summed E-state index contributed by atoms with van der Waals surface area (Å²) in [6, 6.07) is 2.79. The topological polar surface area (TPSA) is 101 Å². The minimum atomic E-state index is -1.01. The predicted octanol–water partition coefficient (Wildman–Crippen LogP) is 3.08. The number of hydrogen-bond donors (Lipinski definition) is 1. The van der Waals surface area contributed by atoms with Gasteiger partial charge in [0.05, 0.1) is 12.0 Å². The van der Waals surface area contributed by atoms with Gasteiger partial charge in [-0.3, -0.25) is 4.79 Å². The number of fused-ring (bicyclic) bond motifs is 2. The number of carboxylic acids is 1. The third kappa shape index (κ3) is 2.78. The van der Waals surface area contributed by atoms with Gasteiger partial charge in [-0.05, 0) is 50.8 Å². The van der Waals surface area contributed by atoms with Crippen LogP contribution in [0, 0.1) is 20.8 Å². The second kappa shape index (κ2) is 6.51. The molecule has 1 amide bonds. The Hall–Kier alpha value is -3.09. The van der Waals surface area contributed by atoms with Crippen LogP contribution in [-0.4, -0.2) is 34.5 Å². The first-order chi connectivity index (χ1) is 13.3. The van der Waals surface area contributed by atoms with Gasteiger partial charge < -0.3 is 18.8 Å². The number of aryl methyl sites for hydroxylation is 3. The standard InChI is InChI=1S/C21H21NO6/c1-10-12(3)27-17-9-18-14(7-13(10)17)11(2)15(21(26)28-18)8-19(23)22-6-4-5-16(22)20(24)25/h7,9,16H,4-6,8H2,1-3H3,(H,24,25)/t16-/m0/s1. The van der Waals surface area contributed by atoms with Crippen LogP contribution < -0.4 is 5.63 Å². The summed E-state index contributed by atoms with van der Waals surface area (Å²) in [4.78, 5) is 37.9. The number of furan rings is 1. The van der Waals surface area contributed by atoms with Crippen molar-refractivity contribution in [1.82, 2.24) is 4.90 Å². The molecular formula is C21H21NO6. The molecule has 1 aromatic carbocycles. The van der Waals surface area contributed by atoms with Crippen LogP contribution in [0.25, 0.3) is 21.9 Å². The van der Waals surface area contributed by atoms with Crippen molar-refractivity contribution >= 4 is 33.8 Å². The van der Waals surface area contributed by atoms with Gasteiger partial charge in [-0.25, -0.2) is 9.59 Å². The molecule has 1 aliphatic rings. The molecule has 0 aliphatic carbocycles. The smallest absolute Gasteiger partial charge is 0.340 e. The molecule has 146 valence electrons. The molecule has 1 N–H and O–H groups in total. The highest BCUT2D eigenvalue weighted by Gasteiger charge is 2.34. The highest BCUT2D eigenvalue weighted by Crippen LogP contribution is 2.31. The van der Waals surface area contributed by atoms with Crippen LogP contribution in [0.5, 0.6) is 0 Å². The van der Waals surface area contributed by atoms with Crippen LogP contribution in [0.4, 0.5) is 0 Å². The summed E-state index contributed by atoms with van der Waals surface area (Å²) in [5.74, 6) is -0.577. The number of hydrogen-bond acceptors (Lipinski definition) is 5. The van der Waals surface area contributed by atoms with Crippen molar-refractivity contribution in [3.8, 4) is 0 Å². The minimum absolute atomic E-state index is 0.171. The third-order valence-electron chi connectivity index (χ3n) is 5.77. The molecule has 1 atom stereocenters. The Morgan fingerprint density at radius 1 is 1.11 bits per heavy atom. The average molecular weight is 383 g/mol. The van der Waals surface area contributed by atoms with E-state index in [0.717, 1.165) is 22.1 Å². The largest absolute Gasteiger partial charge is 0.480 e. The molecule has 0 unspecified atom stereocenters. The maximum absolute atomic E-state index is 12.7. The molecule has 3 aromatic rings. The molecule has 3 heterocycles. The van der Waals surface area contributed by atoms with Gasteiger partial charge in [-0.1, -0.05) is 0 Å². The van der Waals surface area contributed by atoms with Gasteiger partial charge in [0, 0.05) is 23.4 Å². The zero-order valence-electron chi connectivity index (χ0n) is 16.0. The van der Waals surface area contributed by atoms with Gasteiger partial charge in [-0.15, -0.1) is 0 Å². The zero-order valence-corrected chi connectivity index (χ0v) is 16.0. The molecule has 0 radical (unpaired) electrons. The van der Waals surface area contributed by atoms with Crippen LogP contribution >= 0.6 is 0 Å². The molecule has 4 rings (SSSR count). The highest BCUT2D eigenvalue weighted by molar-refractivity contribution is 5.97. The molecule has 0 spiro atoms. The van der Waals surface area contributed by atoms with E-state index in [1.54, 1.807) is 13.0 Å². The quantitative estimate of drug-likeness (QED) is 0.698. The fraction of sp³-hybridized carbons (Fsp3) is 0.381. The molecular weight excluding hydrogens is 362 g/mol. The lowest BCUT2D eigenvalue weighted by Gasteiger charge is -2.21. The molecule has 0 bridgehead atoms. The Labute approximate surface area is 160 Å². The Balaban J connectivity index is 1.78. The fourth-order valence-electron chi connectivity index (χ4n) is 4.00. The van der Waals surface area contributed by atoms with E-state index >= 15 is 0 Å². The van der Waals surface area contributed by atoms with Crippen molar-refractivity contribution in [3.63, 3.8) is 0 Å². The first-order valence-corrected chi connectivity index (χ1v) is 9.26. The molecule has 2 aromatic heterocycles. The Morgan fingerprint density at radius 2 is 1.79 bits per heavy atom. The maximum Gasteiger partial charge on any atom is 0.340 e. The lowest BCUT2D eigenvalue weighted by atomic mass is 10.0. The van der Waals surface area contributed by atoms with Gasteiger partial charge in [0.2, 0.25) is 5.91 Å². The number of nitrogens with zero attached hydrogens (tertiary/aromatic N) is 1. The van der Waals surface area contributed by atoms with Gasteiger partial charge in [0.15, 0.2) is 0 Å². The number of carbonyl (C=O) groups is 2. The second-order valence-electron chi connectivity index (χ2n) is 7.38. The Kier molecular flexibility index (Phi) is 4.25. The number of likely N-dealkylation sites (tertiary alicyclic amines) is 1. The zero-order chi connectivity index (χ0) is 20.2. The monoisotopic (exact) mass is 383 g/mol. The maximum atomic E-state index is 12.7. The summed E-state index contributed by atoms with van der Waals surface area (Å²) >= 11 is 0. The summed E-state index contributed by atoms with van der Waals surface area (Å²) < 4.78 is 11.2. The van der Waals surface area contributed by atoms with E-state index in [-0.39, 0.29) is 17.9 Å². The lowest BCUT2D eigenvalue weighted by molar-refractivity contribution is -0.148. The van der Waals surface area contributed by atoms with Crippen LogP contribution in [0.3, 0.4) is 0 Å². The summed E-state index contributed by atoms with van der Waals surface area (Å²) in [5, 5.41) is 11.0. The molecule has 28 heavy (non-hydrogen) atoms. The van der Waals surface area contributed by atoms with Crippen LogP contribution in [-0.2, 0) is 16.0 Å². The van der Waals surface area contributed by atoms with Crippen molar-refractivity contribution in [2.45, 2.75) is 46.1 Å². The van der Waals surface area contributed by atoms with E-state index in [2.05, 4.69) is 0 Å². The normalized spacial score (nSPS) is 17.0. The number of aliphatic carboxylic acids is 1. The predicted molar refractivity (Wildman–Crippen MR) is 103 cm³/mol. The fourth-order valence-corrected chi connectivity index (χ4v) is 4.00. The van der Waals surface area contributed by atoms with E-state index in [0.29, 0.717) is 36.1 Å². The molecule has 7 nitrogen and oxygen atoms in total. The Bertz CT molecular complexity index is 1190. The second-order valence-corrected chi connectivity index (χ2v) is 7.38. The number of amides is 1. The summed E-state index contributed by atoms with van der Waals surface area (Å²) in [5.41, 5.74) is 2.43. The number of carboxylic acid groups (broad SMARTS) is 1. The molecule has 1 fully saturated rings. The summed E-state index contributed by atoms with van der Waals surface area (Å²) in [6.45, 7) is 6.02. The van der Waals surface area contributed by atoms with Crippen molar-refractivity contribution in [3.05, 3.63) is 45.0 Å².